The van der Waals surface area contributed by atoms with Crippen LogP contribution in [0.25, 0.3) is 0 Å². The van der Waals surface area contributed by atoms with E-state index in [4.69, 9.17) is 15.2 Å². The zero-order chi connectivity index (χ0) is 14.7. The molecule has 0 saturated heterocycles. The Morgan fingerprint density at radius 1 is 1.37 bits per heavy atom. The number of methoxy groups -OCH3 is 1. The summed E-state index contributed by atoms with van der Waals surface area (Å²) in [6.45, 7) is 14.3. The van der Waals surface area contributed by atoms with Crippen molar-refractivity contribution >= 4 is 0 Å². The number of ether oxygens (including phenoxy) is 2. The second kappa shape index (κ2) is 6.53. The summed E-state index contributed by atoms with van der Waals surface area (Å²) in [5.41, 5.74) is 6.52. The zero-order valence-corrected chi connectivity index (χ0v) is 13.5. The van der Waals surface area contributed by atoms with Crippen molar-refractivity contribution in [2.75, 3.05) is 33.4 Å². The molecule has 0 spiro atoms. The number of nitrogens with zero attached hydrogens (tertiary/aromatic N) is 1. The van der Waals surface area contributed by atoms with Crippen LogP contribution in [0.2, 0.25) is 0 Å². The van der Waals surface area contributed by atoms with Gasteiger partial charge in [0.15, 0.2) is 0 Å². The molecular formula is C15H32N2O2. The van der Waals surface area contributed by atoms with Gasteiger partial charge in [-0.25, -0.2) is 0 Å². The first-order valence-corrected chi connectivity index (χ1v) is 7.42. The highest BCUT2D eigenvalue weighted by molar-refractivity contribution is 5.14. The molecule has 2 N–H and O–H groups in total. The van der Waals surface area contributed by atoms with Crippen LogP contribution < -0.4 is 5.73 Å². The van der Waals surface area contributed by atoms with Crippen LogP contribution in [-0.2, 0) is 9.47 Å². The molecule has 0 aromatic rings. The van der Waals surface area contributed by atoms with E-state index in [1.165, 1.54) is 0 Å². The lowest BCUT2D eigenvalue weighted by Crippen LogP contribution is -2.74. The Morgan fingerprint density at radius 2 is 2.00 bits per heavy atom. The molecule has 0 heterocycles. The van der Waals surface area contributed by atoms with Gasteiger partial charge in [0.05, 0.1) is 12.7 Å². The fraction of sp³-hybridized carbons (Fsp3) is 1.00. The highest BCUT2D eigenvalue weighted by Crippen LogP contribution is 2.50. The average Bonchev–Trinajstić information content (AvgIpc) is 2.33. The Morgan fingerprint density at radius 3 is 2.42 bits per heavy atom. The van der Waals surface area contributed by atoms with Crippen LogP contribution in [0.1, 0.15) is 41.0 Å². The van der Waals surface area contributed by atoms with Gasteiger partial charge in [-0.3, -0.25) is 4.90 Å². The maximum atomic E-state index is 6.65. The molecule has 1 saturated carbocycles. The molecule has 2 unspecified atom stereocenters. The van der Waals surface area contributed by atoms with Crippen molar-refractivity contribution in [2.45, 2.75) is 58.7 Å². The monoisotopic (exact) mass is 272 g/mol. The lowest BCUT2D eigenvalue weighted by Gasteiger charge is -2.60. The molecule has 0 aromatic heterocycles. The second-order valence-electron chi connectivity index (χ2n) is 6.58. The predicted octanol–water partition coefficient (Wildman–Crippen LogP) is 1.88. The third kappa shape index (κ3) is 3.48. The largest absolute Gasteiger partial charge is 0.383 e. The first-order chi connectivity index (χ1) is 8.78. The molecule has 0 bridgehead atoms. The molecule has 2 atom stereocenters. The molecule has 4 heteroatoms. The SMILES string of the molecule is CCOC1CC(N)(CN(CCOC)C(C)C)C1(C)C. The van der Waals surface area contributed by atoms with Crippen molar-refractivity contribution in [2.24, 2.45) is 11.1 Å². The van der Waals surface area contributed by atoms with E-state index in [2.05, 4.69) is 32.6 Å². The molecule has 19 heavy (non-hydrogen) atoms. The van der Waals surface area contributed by atoms with Crippen molar-refractivity contribution in [1.29, 1.82) is 0 Å². The van der Waals surface area contributed by atoms with Gasteiger partial charge < -0.3 is 15.2 Å². The Kier molecular flexibility index (Phi) is 5.80. The lowest BCUT2D eigenvalue weighted by atomic mass is 9.54. The van der Waals surface area contributed by atoms with Gasteiger partial charge in [0.2, 0.25) is 0 Å². The minimum absolute atomic E-state index is 0.0310. The van der Waals surface area contributed by atoms with Gasteiger partial charge >= 0.3 is 0 Å². The number of nitrogens with two attached hydrogens (primary N) is 1. The Bertz CT molecular complexity index is 281. The van der Waals surface area contributed by atoms with Crippen LogP contribution >= 0.6 is 0 Å². The third-order valence-electron chi connectivity index (χ3n) is 4.80. The van der Waals surface area contributed by atoms with Crippen molar-refractivity contribution in [1.82, 2.24) is 4.90 Å². The molecule has 4 nitrogen and oxygen atoms in total. The Balaban J connectivity index is 2.63. The molecule has 0 aromatic carbocycles. The minimum Gasteiger partial charge on any atom is -0.383 e. The van der Waals surface area contributed by atoms with Gasteiger partial charge in [-0.15, -0.1) is 0 Å². The van der Waals surface area contributed by atoms with Crippen molar-refractivity contribution in [3.8, 4) is 0 Å². The highest BCUT2D eigenvalue weighted by Gasteiger charge is 2.58. The summed E-state index contributed by atoms with van der Waals surface area (Å²) in [5, 5.41) is 0. The van der Waals surface area contributed by atoms with Crippen molar-refractivity contribution in [3.05, 3.63) is 0 Å². The van der Waals surface area contributed by atoms with Gasteiger partial charge in [0.25, 0.3) is 0 Å². The van der Waals surface area contributed by atoms with Crippen molar-refractivity contribution in [3.63, 3.8) is 0 Å². The van der Waals surface area contributed by atoms with Crippen LogP contribution in [0.4, 0.5) is 0 Å². The smallest absolute Gasteiger partial charge is 0.0662 e. The van der Waals surface area contributed by atoms with E-state index in [9.17, 15) is 0 Å². The van der Waals surface area contributed by atoms with E-state index >= 15 is 0 Å². The molecule has 1 aliphatic rings. The number of hydrogen-bond acceptors (Lipinski definition) is 4. The zero-order valence-electron chi connectivity index (χ0n) is 13.5. The van der Waals surface area contributed by atoms with E-state index < -0.39 is 0 Å². The van der Waals surface area contributed by atoms with Gasteiger partial charge in [0, 0.05) is 43.8 Å². The van der Waals surface area contributed by atoms with E-state index in [0.29, 0.717) is 12.1 Å². The van der Waals surface area contributed by atoms with Crippen LogP contribution in [0, 0.1) is 5.41 Å². The van der Waals surface area contributed by atoms with Gasteiger partial charge in [-0.1, -0.05) is 13.8 Å². The first-order valence-electron chi connectivity index (χ1n) is 7.42. The number of rotatable bonds is 8. The van der Waals surface area contributed by atoms with Crippen LogP contribution in [0.3, 0.4) is 0 Å². The molecular weight excluding hydrogens is 240 g/mol. The summed E-state index contributed by atoms with van der Waals surface area (Å²) in [7, 11) is 1.75. The fourth-order valence-electron chi connectivity index (χ4n) is 2.87. The molecule has 0 radical (unpaired) electrons. The first kappa shape index (κ1) is 16.9. The Hall–Kier alpha value is -0.160. The number of hydrogen-bond donors (Lipinski definition) is 1. The van der Waals surface area contributed by atoms with Gasteiger partial charge in [-0.05, 0) is 27.2 Å². The van der Waals surface area contributed by atoms with E-state index in [0.717, 1.165) is 32.7 Å². The average molecular weight is 272 g/mol. The summed E-state index contributed by atoms with van der Waals surface area (Å²) >= 11 is 0. The molecule has 1 fully saturated rings. The molecule has 114 valence electrons. The maximum absolute atomic E-state index is 6.65. The summed E-state index contributed by atoms with van der Waals surface area (Å²) in [6, 6.07) is 0.484. The molecule has 1 aliphatic carbocycles. The minimum atomic E-state index is -0.162. The Labute approximate surface area is 118 Å². The molecule has 0 amide bonds. The predicted molar refractivity (Wildman–Crippen MR) is 79.3 cm³/mol. The molecule has 1 rings (SSSR count). The molecule has 0 aliphatic heterocycles. The fourth-order valence-corrected chi connectivity index (χ4v) is 2.87. The summed E-state index contributed by atoms with van der Waals surface area (Å²) in [6.07, 6.45) is 1.24. The van der Waals surface area contributed by atoms with Gasteiger partial charge in [0.1, 0.15) is 0 Å². The maximum Gasteiger partial charge on any atom is 0.0662 e. The second-order valence-corrected chi connectivity index (χ2v) is 6.58. The highest BCUT2D eigenvalue weighted by atomic mass is 16.5. The lowest BCUT2D eigenvalue weighted by molar-refractivity contribution is -0.158. The summed E-state index contributed by atoms with van der Waals surface area (Å²) < 4.78 is 11.0. The van der Waals surface area contributed by atoms with Gasteiger partial charge in [-0.2, -0.15) is 0 Å². The van der Waals surface area contributed by atoms with E-state index in [1.54, 1.807) is 7.11 Å². The standard InChI is InChI=1S/C15H32N2O2/c1-7-19-13-10-15(16,14(13,4)5)11-17(12(2)3)8-9-18-6/h12-13H,7-11,16H2,1-6H3. The van der Waals surface area contributed by atoms with Crippen molar-refractivity contribution < 1.29 is 9.47 Å². The van der Waals surface area contributed by atoms with Crippen LogP contribution in [0.5, 0.6) is 0 Å². The van der Waals surface area contributed by atoms with E-state index in [1.807, 2.05) is 6.92 Å². The topological polar surface area (TPSA) is 47.7 Å². The normalized spacial score (nSPS) is 29.8. The van der Waals surface area contributed by atoms with Crippen LogP contribution in [-0.4, -0.2) is 56.0 Å². The van der Waals surface area contributed by atoms with Crippen LogP contribution in [0.15, 0.2) is 0 Å². The quantitative estimate of drug-likeness (QED) is 0.733. The third-order valence-corrected chi connectivity index (χ3v) is 4.80. The summed E-state index contributed by atoms with van der Waals surface area (Å²) in [4.78, 5) is 2.41. The summed E-state index contributed by atoms with van der Waals surface area (Å²) in [5.74, 6) is 0. The van der Waals surface area contributed by atoms with E-state index in [-0.39, 0.29) is 11.0 Å².